The first kappa shape index (κ1) is 80.8. The number of benzene rings is 5. The number of alkyl halides is 19. The summed E-state index contributed by atoms with van der Waals surface area (Å²) in [5, 5.41) is 48.6. The first-order valence-electron chi connectivity index (χ1n) is 25.9. The van der Waals surface area contributed by atoms with Crippen LogP contribution in [0.5, 0.6) is 5.75 Å². The number of nitro groups is 3. The fourth-order valence-corrected chi connectivity index (χ4v) is 7.62. The van der Waals surface area contributed by atoms with E-state index in [2.05, 4.69) is 50.8 Å². The van der Waals surface area contributed by atoms with Gasteiger partial charge in [0.15, 0.2) is 6.10 Å². The number of nitrogens with two attached hydrogens (primary N) is 1. The average molecular weight is 1420 g/mol. The van der Waals surface area contributed by atoms with Crippen molar-refractivity contribution in [2.24, 2.45) is 20.0 Å². The number of allylic oxidation sites excluding steroid dienone is 4. The molecule has 2 aliphatic carbocycles. The first-order valence-corrected chi connectivity index (χ1v) is 25.9. The number of non-ortho nitro benzene ring substituents is 3. The Morgan fingerprint density at radius 1 is 0.619 bits per heavy atom. The molecule has 44 heteroatoms. The smallest absolute Gasteiger partial charge is 0.429 e. The second-order valence-corrected chi connectivity index (χ2v) is 17.8. The van der Waals surface area contributed by atoms with Gasteiger partial charge >= 0.3 is 51.6 Å². The normalized spacial score (nSPS) is 14.4. The molecule has 2 aromatic heterocycles. The van der Waals surface area contributed by atoms with Crippen LogP contribution in [0.25, 0.3) is 22.1 Å². The van der Waals surface area contributed by atoms with E-state index in [9.17, 15) is 114 Å². The van der Waals surface area contributed by atoms with Gasteiger partial charge in [0.2, 0.25) is 11.0 Å². The Hall–Kier alpha value is -10.4. The van der Waals surface area contributed by atoms with E-state index in [0.717, 1.165) is 29.9 Å². The summed E-state index contributed by atoms with van der Waals surface area (Å²) in [6.45, 7) is -14.8. The number of halogens is 19. The second kappa shape index (κ2) is 37.6. The molecule has 0 radical (unpaired) electrons. The number of nitro benzene ring substituents is 3. The molecule has 5 aromatic carbocycles. The molecule has 5 N–H and O–H groups in total. The molecule has 1 aliphatic heterocycles. The molecule has 97 heavy (non-hydrogen) atoms. The van der Waals surface area contributed by atoms with Crippen molar-refractivity contribution in [1.29, 1.82) is 0 Å². The van der Waals surface area contributed by atoms with Gasteiger partial charge in [-0.3, -0.25) is 40.1 Å². The number of para-hydroxylation sites is 1. The van der Waals surface area contributed by atoms with E-state index < -0.39 is 135 Å². The van der Waals surface area contributed by atoms with Crippen molar-refractivity contribution in [3.63, 3.8) is 0 Å². The van der Waals surface area contributed by atoms with Gasteiger partial charge in [-0.2, -0.15) is 98.1 Å². The van der Waals surface area contributed by atoms with E-state index in [1.165, 1.54) is 19.2 Å². The third kappa shape index (κ3) is 26.4. The molecule has 3 aliphatic rings. The highest BCUT2D eigenvalue weighted by Gasteiger charge is 2.44. The molecule has 0 amide bonds. The lowest BCUT2D eigenvalue weighted by Gasteiger charge is -2.18. The highest BCUT2D eigenvalue weighted by atomic mass is 19.4. The van der Waals surface area contributed by atoms with E-state index in [1.807, 2.05) is 42.5 Å². The number of rotatable bonds is 13. The van der Waals surface area contributed by atoms with Crippen molar-refractivity contribution in [3.8, 4) is 5.75 Å². The van der Waals surface area contributed by atoms with Crippen molar-refractivity contribution < 1.29 is 137 Å². The molecule has 0 unspecified atom stereocenters. The minimum atomic E-state index is -4.93. The van der Waals surface area contributed by atoms with Gasteiger partial charge in [-0.1, -0.05) is 84.1 Å². The van der Waals surface area contributed by atoms with E-state index in [4.69, 9.17) is 5.21 Å². The number of nitrogens with one attached hydrogen (secondary N) is 2. The summed E-state index contributed by atoms with van der Waals surface area (Å²) in [5.41, 5.74) is -6.84. The van der Waals surface area contributed by atoms with E-state index in [0.29, 0.717) is 41.4 Å². The molecular formula is C53H49F19N13O12+3. The van der Waals surface area contributed by atoms with Crippen LogP contribution in [0.15, 0.2) is 152 Å². The largest absolute Gasteiger partial charge is 0.435 e. The molecule has 25 nitrogen and oxygen atoms in total. The van der Waals surface area contributed by atoms with Gasteiger partial charge in [0.25, 0.3) is 28.1 Å². The summed E-state index contributed by atoms with van der Waals surface area (Å²) in [4.78, 5) is 36.9. The van der Waals surface area contributed by atoms with Gasteiger partial charge in [0.05, 0.1) is 67.7 Å². The van der Waals surface area contributed by atoms with Gasteiger partial charge in [0, 0.05) is 42.5 Å². The van der Waals surface area contributed by atoms with Crippen LogP contribution in [-0.4, -0.2) is 92.7 Å². The van der Waals surface area contributed by atoms with Crippen LogP contribution in [-0.2, 0) is 46.9 Å². The maximum Gasteiger partial charge on any atom is 0.429 e. The molecule has 7 aromatic rings. The Kier molecular flexibility index (Phi) is 31.3. The molecule has 2 atom stereocenters. The number of fused-ring (bicyclic) bond motifs is 3. The molecular weight excluding hydrogens is 1370 g/mol. The summed E-state index contributed by atoms with van der Waals surface area (Å²) in [7, 11) is 3.53. The zero-order valence-corrected chi connectivity index (χ0v) is 48.9. The Bertz CT molecular complexity index is 3690. The third-order valence-electron chi connectivity index (χ3n) is 11.3. The number of hydrogen-bond donors (Lipinski definition) is 4. The summed E-state index contributed by atoms with van der Waals surface area (Å²) in [6, 6.07) is 23.4. The second-order valence-electron chi connectivity index (χ2n) is 17.8. The lowest BCUT2D eigenvalue weighted by Crippen LogP contribution is -2.43. The standard InChI is InChI=1S/C9H7F5N4O3.C9H6F5N4O3.C8H5F3N4O2.C7H8F2O.C7H7F2O.C7H6F2O.C6H6.H3NO/c2*1-16-7-5(9(12,13)14)2-4(18(19)20)3-6(7)17(15-16)21-8(10)11;1-14-7-5(8(9,10)11)2-4(15(16)17)3-6(7)12-13-14;3*8-7(9)10-6-4-2-1-3-5-6;1-2-4-6-5-3-1;1-2/h2-3,8,15H,1H3;2-3,8H,1H3;2-3H,1H3;1-4,6-7H,5H2;1-7H;1-5,7H;1-6H;2H,1H2/q;+1;;;+1;;;/p+1/t;;;6-;;;;/m...0..../s1. The van der Waals surface area contributed by atoms with E-state index in [-0.39, 0.29) is 26.8 Å². The van der Waals surface area contributed by atoms with Gasteiger partial charge < -0.3 is 14.7 Å². The maximum atomic E-state index is 13.0. The van der Waals surface area contributed by atoms with Crippen LogP contribution < -0.4 is 40.6 Å². The lowest BCUT2D eigenvalue weighted by atomic mass is 10.1. The molecule has 0 saturated heterocycles. The SMILES string of the molecule is CN1NN(OC(F)F)c2cc([N+](=O)[O-])cc(C(F)(F)F)c21.C[n+]1[nH]nc2cc([N+](=O)[O-])cc(C(F)(F)F)c21.C[n+]1nn(OC(F)F)c2cc([N+](=O)[O-])cc(C(F)(F)F)c21.FC(F)O[C@H]1C=CC=CC1.FC(F)O[C@H]1C=CC=C[CH+]1.FC(F)Oc1ccccc1.NO.c1ccccc1. The van der Waals surface area contributed by atoms with Crippen LogP contribution in [0.4, 0.5) is 112 Å². The number of aromatic nitrogens is 6. The minimum Gasteiger partial charge on any atom is -0.435 e. The number of H-pyrrole nitrogens is 1. The van der Waals surface area contributed by atoms with Crippen molar-refractivity contribution in [1.82, 2.24) is 25.9 Å². The van der Waals surface area contributed by atoms with Crippen molar-refractivity contribution in [2.45, 2.75) is 70.2 Å². The number of nitrogens with zero attached hydrogens (tertiary/aromatic N) is 10. The van der Waals surface area contributed by atoms with Crippen LogP contribution in [0, 0.1) is 36.8 Å². The fraction of sp³-hybridized carbons (Fsp3) is 0.264. The number of hydrazine groups is 2. The fourth-order valence-electron chi connectivity index (χ4n) is 7.62. The van der Waals surface area contributed by atoms with Gasteiger partial charge in [0.1, 0.15) is 41.9 Å². The number of aromatic amines is 1. The average Bonchev–Trinajstić information content (AvgIpc) is 1.67. The van der Waals surface area contributed by atoms with Gasteiger partial charge in [-0.25, -0.2) is 10.7 Å². The first-order chi connectivity index (χ1) is 45.4. The van der Waals surface area contributed by atoms with Crippen LogP contribution in [0.3, 0.4) is 0 Å². The van der Waals surface area contributed by atoms with Crippen molar-refractivity contribution in [3.05, 3.63) is 205 Å². The monoisotopic (exact) mass is 1420 g/mol. The Balaban J connectivity index is 0.000000303. The molecule has 0 saturated carbocycles. The zero-order valence-electron chi connectivity index (χ0n) is 48.9. The summed E-state index contributed by atoms with van der Waals surface area (Å²) in [6.07, 6.45) is 0.181. The number of hydrogen-bond acceptors (Lipinski definition) is 18. The summed E-state index contributed by atoms with van der Waals surface area (Å²) < 4.78 is 248. The zero-order chi connectivity index (χ0) is 73.1. The number of ether oxygens (including phenoxy) is 3. The minimum absolute atomic E-state index is 0.103. The van der Waals surface area contributed by atoms with Crippen LogP contribution in [0.1, 0.15) is 23.1 Å². The highest BCUT2D eigenvalue weighted by molar-refractivity contribution is 5.81. The molecule has 0 bridgehead atoms. The summed E-state index contributed by atoms with van der Waals surface area (Å²) in [5.74, 6) is 3.69. The molecule has 3 heterocycles. The quantitative estimate of drug-likeness (QED) is 0.0274. The predicted octanol–water partition coefficient (Wildman–Crippen LogP) is 12.5. The van der Waals surface area contributed by atoms with E-state index >= 15 is 0 Å². The maximum absolute atomic E-state index is 13.0. The summed E-state index contributed by atoms with van der Waals surface area (Å²) >= 11 is 0. The lowest BCUT2D eigenvalue weighted by molar-refractivity contribution is -0.712. The molecule has 0 fully saturated rings. The third-order valence-corrected chi connectivity index (χ3v) is 11.3. The van der Waals surface area contributed by atoms with Crippen LogP contribution >= 0.6 is 0 Å². The van der Waals surface area contributed by atoms with Gasteiger partial charge in [-0.05, 0) is 24.6 Å². The van der Waals surface area contributed by atoms with Crippen molar-refractivity contribution >= 4 is 50.5 Å². The number of aryl methyl sites for hydroxylation is 2. The molecule has 528 valence electrons. The Labute approximate surface area is 530 Å². The predicted molar refractivity (Wildman–Crippen MR) is 296 cm³/mol. The van der Waals surface area contributed by atoms with Crippen molar-refractivity contribution in [2.75, 3.05) is 17.2 Å². The van der Waals surface area contributed by atoms with Crippen LogP contribution in [0.2, 0.25) is 0 Å². The van der Waals surface area contributed by atoms with E-state index in [1.54, 1.807) is 67.2 Å². The Morgan fingerprint density at radius 2 is 1.10 bits per heavy atom. The topological polar surface area (TPSA) is 295 Å². The number of anilines is 2. The Morgan fingerprint density at radius 3 is 1.56 bits per heavy atom. The van der Waals surface area contributed by atoms with Gasteiger partial charge in [-0.15, -0.1) is 10.2 Å². The molecule has 10 rings (SSSR count). The highest BCUT2D eigenvalue weighted by Crippen LogP contribution is 2.46. The molecule has 0 spiro atoms.